The van der Waals surface area contributed by atoms with Crippen molar-refractivity contribution in [2.45, 2.75) is 13.3 Å². The van der Waals surface area contributed by atoms with Gasteiger partial charge in [-0.1, -0.05) is 36.4 Å². The smallest absolute Gasteiger partial charge is 0.228 e. The van der Waals surface area contributed by atoms with E-state index < -0.39 is 0 Å². The first kappa shape index (κ1) is 17.8. The topological polar surface area (TPSA) is 67.0 Å². The quantitative estimate of drug-likeness (QED) is 0.533. The average Bonchev–Trinajstić information content (AvgIpc) is 3.14. The number of amides is 1. The lowest BCUT2D eigenvalue weighted by Crippen LogP contribution is -2.15. The summed E-state index contributed by atoms with van der Waals surface area (Å²) in [5.74, 6) is 1.50. The van der Waals surface area contributed by atoms with Gasteiger partial charge < -0.3 is 15.0 Å². The Morgan fingerprint density at radius 1 is 1.07 bits per heavy atom. The number of fused-ring (bicyclic) bond motifs is 1. The number of nitrogens with one attached hydrogen (secondary N) is 2. The van der Waals surface area contributed by atoms with E-state index in [1.54, 1.807) is 7.11 Å². The molecule has 0 saturated carbocycles. The van der Waals surface area contributed by atoms with E-state index in [9.17, 15) is 4.79 Å². The number of hydrogen-bond acceptors (Lipinski definition) is 3. The molecule has 0 saturated heterocycles. The molecular weight excluding hydrogens is 350 g/mol. The Hall–Kier alpha value is -3.60. The van der Waals surface area contributed by atoms with Gasteiger partial charge in [0.05, 0.1) is 24.6 Å². The van der Waals surface area contributed by atoms with Gasteiger partial charge in [0.25, 0.3) is 0 Å². The number of carbonyl (C=O) groups is 1. The van der Waals surface area contributed by atoms with Crippen molar-refractivity contribution in [1.82, 2.24) is 9.97 Å². The van der Waals surface area contributed by atoms with Crippen molar-refractivity contribution < 1.29 is 9.53 Å². The van der Waals surface area contributed by atoms with Crippen LogP contribution in [0.4, 0.5) is 5.69 Å². The third-order valence-electron chi connectivity index (χ3n) is 4.70. The summed E-state index contributed by atoms with van der Waals surface area (Å²) in [7, 11) is 1.62. The van der Waals surface area contributed by atoms with E-state index in [4.69, 9.17) is 4.74 Å². The normalized spacial score (nSPS) is 10.8. The Morgan fingerprint density at radius 2 is 1.86 bits per heavy atom. The third-order valence-corrected chi connectivity index (χ3v) is 4.70. The molecule has 3 aromatic carbocycles. The van der Waals surface area contributed by atoms with Gasteiger partial charge >= 0.3 is 0 Å². The van der Waals surface area contributed by atoms with E-state index in [0.717, 1.165) is 45.0 Å². The molecule has 5 nitrogen and oxygen atoms in total. The highest BCUT2D eigenvalue weighted by Gasteiger charge is 2.10. The van der Waals surface area contributed by atoms with Crippen LogP contribution in [0.3, 0.4) is 0 Å². The SMILES string of the molecule is COc1ccc(CC(=O)Nc2cc(-c3nc4ccccc4[nH]3)ccc2C)cc1. The number of benzene rings is 3. The fourth-order valence-corrected chi connectivity index (χ4v) is 3.12. The Morgan fingerprint density at radius 3 is 2.61 bits per heavy atom. The lowest BCUT2D eigenvalue weighted by atomic mass is 10.1. The van der Waals surface area contributed by atoms with Crippen LogP contribution >= 0.6 is 0 Å². The molecule has 4 rings (SSSR count). The van der Waals surface area contributed by atoms with Crippen LogP contribution in [-0.2, 0) is 11.2 Å². The highest BCUT2D eigenvalue weighted by molar-refractivity contribution is 5.93. The van der Waals surface area contributed by atoms with Crippen molar-refractivity contribution in [3.63, 3.8) is 0 Å². The zero-order valence-corrected chi connectivity index (χ0v) is 15.8. The summed E-state index contributed by atoms with van der Waals surface area (Å²) in [6.07, 6.45) is 0.304. The van der Waals surface area contributed by atoms with Gasteiger partial charge in [0.2, 0.25) is 5.91 Å². The lowest BCUT2D eigenvalue weighted by Gasteiger charge is -2.10. The third kappa shape index (κ3) is 3.74. The number of ether oxygens (including phenoxy) is 1. The molecule has 0 spiro atoms. The summed E-state index contributed by atoms with van der Waals surface area (Å²) >= 11 is 0. The predicted octanol–water partition coefficient (Wildman–Crippen LogP) is 4.73. The fraction of sp³-hybridized carbons (Fsp3) is 0.130. The lowest BCUT2D eigenvalue weighted by molar-refractivity contribution is -0.115. The Kier molecular flexibility index (Phi) is 4.81. The van der Waals surface area contributed by atoms with Gasteiger partial charge in [-0.25, -0.2) is 4.98 Å². The molecule has 28 heavy (non-hydrogen) atoms. The second kappa shape index (κ2) is 7.56. The molecule has 0 fully saturated rings. The van der Waals surface area contributed by atoms with Crippen molar-refractivity contribution in [3.05, 3.63) is 77.9 Å². The molecule has 1 amide bonds. The largest absolute Gasteiger partial charge is 0.497 e. The number of methoxy groups -OCH3 is 1. The summed E-state index contributed by atoms with van der Waals surface area (Å²) in [6.45, 7) is 1.98. The summed E-state index contributed by atoms with van der Waals surface area (Å²) in [6, 6.07) is 21.4. The number of rotatable bonds is 5. The molecule has 0 aliphatic rings. The highest BCUT2D eigenvalue weighted by Crippen LogP contribution is 2.25. The number of H-pyrrole nitrogens is 1. The van der Waals surface area contributed by atoms with Crippen LogP contribution in [0.2, 0.25) is 0 Å². The van der Waals surface area contributed by atoms with Gasteiger partial charge in [-0.15, -0.1) is 0 Å². The van der Waals surface area contributed by atoms with Crippen molar-refractivity contribution in [2.75, 3.05) is 12.4 Å². The van der Waals surface area contributed by atoms with Crippen molar-refractivity contribution in [3.8, 4) is 17.1 Å². The second-order valence-corrected chi connectivity index (χ2v) is 6.71. The summed E-state index contributed by atoms with van der Waals surface area (Å²) in [5.41, 5.74) is 5.57. The van der Waals surface area contributed by atoms with Gasteiger partial charge in [-0.3, -0.25) is 4.79 Å². The predicted molar refractivity (Wildman–Crippen MR) is 112 cm³/mol. The Bertz CT molecular complexity index is 1100. The summed E-state index contributed by atoms with van der Waals surface area (Å²) in [5, 5.41) is 3.02. The molecule has 0 aliphatic carbocycles. The molecule has 0 atom stereocenters. The standard InChI is InChI=1S/C23H21N3O2/c1-15-7-10-17(23-25-19-5-3-4-6-20(19)26-23)14-21(15)24-22(27)13-16-8-11-18(28-2)12-9-16/h3-12,14H,13H2,1-2H3,(H,24,27)(H,25,26). The number of anilines is 1. The zero-order chi connectivity index (χ0) is 19.5. The summed E-state index contributed by atoms with van der Waals surface area (Å²) in [4.78, 5) is 20.5. The monoisotopic (exact) mass is 371 g/mol. The fourth-order valence-electron chi connectivity index (χ4n) is 3.12. The first-order chi connectivity index (χ1) is 13.6. The van der Waals surface area contributed by atoms with Gasteiger partial charge in [0.15, 0.2) is 0 Å². The number of para-hydroxylation sites is 2. The first-order valence-electron chi connectivity index (χ1n) is 9.11. The van der Waals surface area contributed by atoms with Crippen LogP contribution in [-0.4, -0.2) is 23.0 Å². The number of aromatic nitrogens is 2. The molecule has 0 bridgehead atoms. The number of imidazole rings is 1. The van der Waals surface area contributed by atoms with E-state index in [1.165, 1.54) is 0 Å². The highest BCUT2D eigenvalue weighted by atomic mass is 16.5. The van der Waals surface area contributed by atoms with Crippen molar-refractivity contribution in [1.29, 1.82) is 0 Å². The van der Waals surface area contributed by atoms with Gasteiger partial charge in [0.1, 0.15) is 11.6 Å². The van der Waals surface area contributed by atoms with Gasteiger partial charge in [-0.2, -0.15) is 0 Å². The van der Waals surface area contributed by atoms with Crippen LogP contribution < -0.4 is 10.1 Å². The molecule has 0 unspecified atom stereocenters. The molecule has 4 aromatic rings. The number of nitrogens with zero attached hydrogens (tertiary/aromatic N) is 1. The molecule has 1 aromatic heterocycles. The first-order valence-corrected chi connectivity index (χ1v) is 9.11. The van der Waals surface area contributed by atoms with Crippen molar-refractivity contribution in [2.24, 2.45) is 0 Å². The number of carbonyl (C=O) groups excluding carboxylic acids is 1. The van der Waals surface area contributed by atoms with Gasteiger partial charge in [0, 0.05) is 11.3 Å². The second-order valence-electron chi connectivity index (χ2n) is 6.71. The van der Waals surface area contributed by atoms with Crippen LogP contribution in [0.1, 0.15) is 11.1 Å². The Balaban J connectivity index is 1.54. The maximum absolute atomic E-state index is 12.5. The molecule has 5 heteroatoms. The Labute approximate surface area is 163 Å². The number of hydrogen-bond donors (Lipinski definition) is 2. The maximum Gasteiger partial charge on any atom is 0.228 e. The van der Waals surface area contributed by atoms with Crippen LogP contribution in [0.25, 0.3) is 22.4 Å². The van der Waals surface area contributed by atoms with E-state index in [1.807, 2.05) is 73.7 Å². The minimum absolute atomic E-state index is 0.0602. The number of aromatic amines is 1. The number of aryl methyl sites for hydroxylation is 1. The molecule has 2 N–H and O–H groups in total. The van der Waals surface area contributed by atoms with E-state index in [-0.39, 0.29) is 5.91 Å². The van der Waals surface area contributed by atoms with E-state index in [2.05, 4.69) is 15.3 Å². The summed E-state index contributed by atoms with van der Waals surface area (Å²) < 4.78 is 5.15. The molecule has 1 heterocycles. The van der Waals surface area contributed by atoms with Crippen LogP contribution in [0.15, 0.2) is 66.7 Å². The van der Waals surface area contributed by atoms with Crippen LogP contribution in [0.5, 0.6) is 5.75 Å². The molecule has 0 aliphatic heterocycles. The van der Waals surface area contributed by atoms with E-state index in [0.29, 0.717) is 6.42 Å². The molecule has 140 valence electrons. The van der Waals surface area contributed by atoms with Gasteiger partial charge in [-0.05, 0) is 48.4 Å². The average molecular weight is 371 g/mol. The maximum atomic E-state index is 12.5. The van der Waals surface area contributed by atoms with E-state index >= 15 is 0 Å². The van der Waals surface area contributed by atoms with Crippen molar-refractivity contribution >= 4 is 22.6 Å². The molecule has 0 radical (unpaired) electrons. The minimum Gasteiger partial charge on any atom is -0.497 e. The molecular formula is C23H21N3O2. The van der Waals surface area contributed by atoms with Crippen LogP contribution in [0, 0.1) is 6.92 Å². The minimum atomic E-state index is -0.0602. The zero-order valence-electron chi connectivity index (χ0n) is 15.8.